The summed E-state index contributed by atoms with van der Waals surface area (Å²) in [5.41, 5.74) is -1.92. The summed E-state index contributed by atoms with van der Waals surface area (Å²) in [7, 11) is 0. The van der Waals surface area contributed by atoms with Gasteiger partial charge in [0.1, 0.15) is 5.41 Å². The van der Waals surface area contributed by atoms with Crippen LogP contribution in [0.4, 0.5) is 0 Å². The lowest BCUT2D eigenvalue weighted by Gasteiger charge is -2.42. The van der Waals surface area contributed by atoms with Crippen LogP contribution >= 0.6 is 0 Å². The predicted molar refractivity (Wildman–Crippen MR) is 68.0 cm³/mol. The first-order valence-corrected chi connectivity index (χ1v) is 6.76. The fourth-order valence-corrected chi connectivity index (χ4v) is 3.48. The molecule has 19 heavy (non-hydrogen) atoms. The number of hydrogen-bond donors (Lipinski definition) is 1. The van der Waals surface area contributed by atoms with E-state index in [-0.39, 0.29) is 30.1 Å². The highest BCUT2D eigenvalue weighted by Crippen LogP contribution is 2.55. The number of carbonyl (C=O) groups excluding carboxylic acids is 2. The summed E-state index contributed by atoms with van der Waals surface area (Å²) in [5, 5.41) is 12.7. The fraction of sp³-hybridized carbons (Fsp3) is 0.786. The Morgan fingerprint density at radius 1 is 1.63 bits per heavy atom. The Labute approximate surface area is 113 Å². The van der Waals surface area contributed by atoms with Crippen molar-refractivity contribution in [3.05, 3.63) is 0 Å². The van der Waals surface area contributed by atoms with Crippen molar-refractivity contribution in [2.24, 2.45) is 16.7 Å². The van der Waals surface area contributed by atoms with Gasteiger partial charge in [-0.3, -0.25) is 9.59 Å². The highest BCUT2D eigenvalue weighted by molar-refractivity contribution is 5.97. The summed E-state index contributed by atoms with van der Waals surface area (Å²) >= 11 is 0. The molecule has 0 aromatic rings. The SMILES string of the molecule is CCOC(=O)[C@]12CN[C@H](C)C[C@@H]1[C@](C)(C#N)C(=O)C2. The smallest absolute Gasteiger partial charge is 0.314 e. The number of nitrogens with zero attached hydrogens (tertiary/aromatic N) is 1. The van der Waals surface area contributed by atoms with Gasteiger partial charge in [0.05, 0.1) is 18.1 Å². The van der Waals surface area contributed by atoms with E-state index in [9.17, 15) is 14.9 Å². The Bertz CT molecular complexity index is 456. The van der Waals surface area contributed by atoms with Crippen molar-refractivity contribution >= 4 is 11.8 Å². The second-order valence-electron chi connectivity index (χ2n) is 5.86. The molecule has 5 nitrogen and oxygen atoms in total. The summed E-state index contributed by atoms with van der Waals surface area (Å²) in [6, 6.07) is 2.35. The number of nitriles is 1. The molecule has 1 N–H and O–H groups in total. The molecule has 1 aliphatic heterocycles. The van der Waals surface area contributed by atoms with Crippen molar-refractivity contribution in [1.82, 2.24) is 5.32 Å². The number of hydrogen-bond acceptors (Lipinski definition) is 5. The molecule has 0 radical (unpaired) electrons. The normalized spacial score (nSPS) is 41.5. The van der Waals surface area contributed by atoms with E-state index in [1.807, 2.05) is 6.92 Å². The lowest BCUT2D eigenvalue weighted by molar-refractivity contribution is -0.160. The van der Waals surface area contributed by atoms with Crippen LogP contribution in [-0.4, -0.2) is 30.9 Å². The quantitative estimate of drug-likeness (QED) is 0.754. The second-order valence-corrected chi connectivity index (χ2v) is 5.86. The van der Waals surface area contributed by atoms with E-state index in [1.165, 1.54) is 0 Å². The largest absolute Gasteiger partial charge is 0.466 e. The Hall–Kier alpha value is -1.41. The number of carbonyl (C=O) groups is 2. The first-order valence-electron chi connectivity index (χ1n) is 6.76. The minimum Gasteiger partial charge on any atom is -0.466 e. The van der Waals surface area contributed by atoms with Crippen molar-refractivity contribution in [2.45, 2.75) is 39.7 Å². The third-order valence-corrected chi connectivity index (χ3v) is 4.69. The first kappa shape index (κ1) is 14.0. The molecule has 1 saturated heterocycles. The van der Waals surface area contributed by atoms with Crippen LogP contribution in [0.25, 0.3) is 0 Å². The molecule has 1 aliphatic carbocycles. The maximum atomic E-state index is 12.3. The first-order chi connectivity index (χ1) is 8.90. The van der Waals surface area contributed by atoms with E-state index in [4.69, 9.17) is 4.74 Å². The van der Waals surface area contributed by atoms with E-state index >= 15 is 0 Å². The number of piperidine rings is 1. The van der Waals surface area contributed by atoms with Crippen LogP contribution in [0.2, 0.25) is 0 Å². The van der Waals surface area contributed by atoms with Crippen molar-refractivity contribution in [1.29, 1.82) is 5.26 Å². The minimum absolute atomic E-state index is 0.111. The molecule has 2 rings (SSSR count). The van der Waals surface area contributed by atoms with Gasteiger partial charge in [0, 0.05) is 24.9 Å². The van der Waals surface area contributed by atoms with E-state index in [2.05, 4.69) is 11.4 Å². The van der Waals surface area contributed by atoms with Gasteiger partial charge >= 0.3 is 5.97 Å². The summed E-state index contributed by atoms with van der Waals surface area (Å²) in [6.45, 7) is 6.14. The molecule has 4 atom stereocenters. The molecule has 0 spiro atoms. The fourth-order valence-electron chi connectivity index (χ4n) is 3.48. The molecule has 2 fully saturated rings. The number of fused-ring (bicyclic) bond motifs is 1. The van der Waals surface area contributed by atoms with E-state index in [1.54, 1.807) is 13.8 Å². The zero-order valence-corrected chi connectivity index (χ0v) is 11.7. The molecule has 0 amide bonds. The third-order valence-electron chi connectivity index (χ3n) is 4.69. The van der Waals surface area contributed by atoms with Gasteiger partial charge in [0.15, 0.2) is 5.78 Å². The van der Waals surface area contributed by atoms with Crippen LogP contribution in [0.5, 0.6) is 0 Å². The topological polar surface area (TPSA) is 79.2 Å². The Morgan fingerprint density at radius 3 is 2.89 bits per heavy atom. The van der Waals surface area contributed by atoms with Crippen LogP contribution in [0, 0.1) is 28.1 Å². The molecular formula is C14H20N2O3. The van der Waals surface area contributed by atoms with Gasteiger partial charge in [-0.05, 0) is 27.2 Å². The summed E-state index contributed by atoms with van der Waals surface area (Å²) in [6.07, 6.45) is 0.759. The molecule has 104 valence electrons. The number of rotatable bonds is 2. The lowest BCUT2D eigenvalue weighted by atomic mass is 9.65. The monoisotopic (exact) mass is 264 g/mol. The molecule has 0 aromatic heterocycles. The van der Waals surface area contributed by atoms with Gasteiger partial charge in [-0.2, -0.15) is 5.26 Å². The summed E-state index contributed by atoms with van der Waals surface area (Å²) in [5.74, 6) is -0.733. The van der Waals surface area contributed by atoms with Gasteiger partial charge in [-0.15, -0.1) is 0 Å². The lowest BCUT2D eigenvalue weighted by Crippen LogP contribution is -2.55. The number of ketones is 1. The molecule has 0 unspecified atom stereocenters. The van der Waals surface area contributed by atoms with Gasteiger partial charge in [0.2, 0.25) is 0 Å². The van der Waals surface area contributed by atoms with Crippen molar-refractivity contribution < 1.29 is 14.3 Å². The van der Waals surface area contributed by atoms with Crippen molar-refractivity contribution in [3.63, 3.8) is 0 Å². The van der Waals surface area contributed by atoms with Gasteiger partial charge in [-0.25, -0.2) is 0 Å². The summed E-state index contributed by atoms with van der Waals surface area (Å²) in [4.78, 5) is 24.6. The second kappa shape index (κ2) is 4.61. The molecule has 1 saturated carbocycles. The van der Waals surface area contributed by atoms with E-state index < -0.39 is 10.8 Å². The standard InChI is InChI=1S/C14H20N2O3/c1-4-19-12(18)14-6-11(17)13(3,7-15)10(14)5-9(2)16-8-14/h9-10,16H,4-6,8H2,1-3H3/t9-,10-,13+,14-/m1/s1. The zero-order valence-electron chi connectivity index (χ0n) is 11.7. The van der Waals surface area contributed by atoms with Gasteiger partial charge in [-0.1, -0.05) is 0 Å². The molecule has 2 aliphatic rings. The highest BCUT2D eigenvalue weighted by atomic mass is 16.5. The van der Waals surface area contributed by atoms with Crippen LogP contribution in [0.15, 0.2) is 0 Å². The molecule has 5 heteroatoms. The average molecular weight is 264 g/mol. The Balaban J connectivity index is 2.44. The number of Topliss-reactive ketones (excluding diaryl/α,β-unsaturated/α-hetero) is 1. The number of ether oxygens (including phenoxy) is 1. The Morgan fingerprint density at radius 2 is 2.32 bits per heavy atom. The van der Waals surface area contributed by atoms with Crippen molar-refractivity contribution in [3.8, 4) is 6.07 Å². The average Bonchev–Trinajstić information content (AvgIpc) is 2.61. The van der Waals surface area contributed by atoms with Crippen LogP contribution in [0.3, 0.4) is 0 Å². The molecular weight excluding hydrogens is 244 g/mol. The van der Waals surface area contributed by atoms with E-state index in [0.29, 0.717) is 19.6 Å². The maximum Gasteiger partial charge on any atom is 0.314 e. The Kier molecular flexibility index (Phi) is 3.40. The molecule has 0 bridgehead atoms. The maximum absolute atomic E-state index is 12.3. The third kappa shape index (κ3) is 1.86. The van der Waals surface area contributed by atoms with Crippen LogP contribution < -0.4 is 5.32 Å². The minimum atomic E-state index is -1.07. The predicted octanol–water partition coefficient (Wildman–Crippen LogP) is 1.04. The number of esters is 1. The van der Waals surface area contributed by atoms with Gasteiger partial charge < -0.3 is 10.1 Å². The van der Waals surface area contributed by atoms with Gasteiger partial charge in [0.25, 0.3) is 0 Å². The molecule has 1 heterocycles. The zero-order chi connectivity index (χ0) is 14.3. The van der Waals surface area contributed by atoms with E-state index in [0.717, 1.165) is 0 Å². The van der Waals surface area contributed by atoms with Crippen LogP contribution in [-0.2, 0) is 14.3 Å². The molecule has 0 aromatic carbocycles. The summed E-state index contributed by atoms with van der Waals surface area (Å²) < 4.78 is 5.17. The van der Waals surface area contributed by atoms with Crippen LogP contribution in [0.1, 0.15) is 33.6 Å². The number of nitrogens with one attached hydrogen (secondary N) is 1. The van der Waals surface area contributed by atoms with Crippen molar-refractivity contribution in [2.75, 3.05) is 13.2 Å². The highest BCUT2D eigenvalue weighted by Gasteiger charge is 2.65.